The fourth-order valence-corrected chi connectivity index (χ4v) is 1.44. The summed E-state index contributed by atoms with van der Waals surface area (Å²) < 4.78 is 5.24. The van der Waals surface area contributed by atoms with Gasteiger partial charge in [-0.1, -0.05) is 32.0 Å². The molecule has 1 rings (SSSR count). The minimum Gasteiger partial charge on any atom is -0.496 e. The maximum Gasteiger partial charge on any atom is 0.123 e. The van der Waals surface area contributed by atoms with Crippen LogP contribution in [0, 0.1) is 5.41 Å². The molecule has 0 aliphatic carbocycles. The van der Waals surface area contributed by atoms with E-state index in [-0.39, 0.29) is 18.1 Å². The molecule has 0 fully saturated rings. The predicted octanol–water partition coefficient (Wildman–Crippen LogP) is 1.71. The minimum atomic E-state index is -0.353. The average Bonchev–Trinajstić information content (AvgIpc) is 2.28. The molecular formula is C12H19NO2. The van der Waals surface area contributed by atoms with E-state index in [4.69, 9.17) is 10.5 Å². The summed E-state index contributed by atoms with van der Waals surface area (Å²) in [7, 11) is 1.62. The van der Waals surface area contributed by atoms with E-state index < -0.39 is 0 Å². The van der Waals surface area contributed by atoms with Gasteiger partial charge in [-0.25, -0.2) is 0 Å². The largest absolute Gasteiger partial charge is 0.496 e. The summed E-state index contributed by atoms with van der Waals surface area (Å²) in [6.07, 6.45) is 0. The van der Waals surface area contributed by atoms with Crippen molar-refractivity contribution in [2.45, 2.75) is 19.9 Å². The highest BCUT2D eigenvalue weighted by Crippen LogP contribution is 2.35. The highest BCUT2D eigenvalue weighted by atomic mass is 16.5. The summed E-state index contributed by atoms with van der Waals surface area (Å²) in [5.74, 6) is 0.770. The standard InChI is InChI=1S/C12H19NO2/c1-12(2,8-14)11(13)9-6-4-5-7-10(9)15-3/h4-7,11,14H,8,13H2,1-3H3. The van der Waals surface area contributed by atoms with E-state index in [1.54, 1.807) is 7.11 Å². The summed E-state index contributed by atoms with van der Waals surface area (Å²) in [6.45, 7) is 3.92. The Kier molecular flexibility index (Phi) is 3.72. The van der Waals surface area contributed by atoms with Crippen LogP contribution in [0.15, 0.2) is 24.3 Å². The Hall–Kier alpha value is -1.06. The van der Waals surface area contributed by atoms with Crippen LogP contribution in [0.5, 0.6) is 5.75 Å². The Balaban J connectivity index is 3.05. The quantitative estimate of drug-likeness (QED) is 0.793. The predicted molar refractivity (Wildman–Crippen MR) is 60.8 cm³/mol. The maximum absolute atomic E-state index is 9.27. The van der Waals surface area contributed by atoms with Crippen molar-refractivity contribution in [1.29, 1.82) is 0 Å². The van der Waals surface area contributed by atoms with Crippen molar-refractivity contribution >= 4 is 0 Å². The molecule has 0 amide bonds. The molecule has 0 bridgehead atoms. The van der Waals surface area contributed by atoms with Crippen molar-refractivity contribution in [2.24, 2.45) is 11.1 Å². The molecule has 0 aromatic heterocycles. The lowest BCUT2D eigenvalue weighted by Crippen LogP contribution is -2.32. The number of hydrogen-bond acceptors (Lipinski definition) is 3. The zero-order valence-electron chi connectivity index (χ0n) is 9.53. The van der Waals surface area contributed by atoms with Gasteiger partial charge in [-0.2, -0.15) is 0 Å². The fraction of sp³-hybridized carbons (Fsp3) is 0.500. The number of benzene rings is 1. The smallest absolute Gasteiger partial charge is 0.123 e. The van der Waals surface area contributed by atoms with E-state index in [2.05, 4.69) is 0 Å². The minimum absolute atomic E-state index is 0.0478. The Morgan fingerprint density at radius 3 is 2.53 bits per heavy atom. The van der Waals surface area contributed by atoms with Gasteiger partial charge in [0, 0.05) is 23.6 Å². The van der Waals surface area contributed by atoms with Gasteiger partial charge in [-0.15, -0.1) is 0 Å². The van der Waals surface area contributed by atoms with Gasteiger partial charge >= 0.3 is 0 Å². The van der Waals surface area contributed by atoms with Crippen LogP contribution >= 0.6 is 0 Å². The van der Waals surface area contributed by atoms with Crippen LogP contribution in [0.1, 0.15) is 25.5 Å². The normalized spacial score (nSPS) is 13.7. The number of hydrogen-bond donors (Lipinski definition) is 2. The van der Waals surface area contributed by atoms with Crippen LogP contribution in [0.4, 0.5) is 0 Å². The van der Waals surface area contributed by atoms with Gasteiger partial charge in [0.1, 0.15) is 5.75 Å². The molecule has 0 saturated heterocycles. The molecule has 1 aromatic carbocycles. The Morgan fingerprint density at radius 2 is 2.00 bits per heavy atom. The van der Waals surface area contributed by atoms with Crippen molar-refractivity contribution in [2.75, 3.05) is 13.7 Å². The SMILES string of the molecule is COc1ccccc1C(N)C(C)(C)CO. The molecule has 3 heteroatoms. The van der Waals surface area contributed by atoms with Gasteiger partial charge in [-0.3, -0.25) is 0 Å². The number of methoxy groups -OCH3 is 1. The number of aliphatic hydroxyl groups excluding tert-OH is 1. The Bertz CT molecular complexity index is 323. The number of rotatable bonds is 4. The number of para-hydroxylation sites is 1. The first-order chi connectivity index (χ1) is 7.03. The first-order valence-electron chi connectivity index (χ1n) is 5.02. The van der Waals surface area contributed by atoms with Crippen molar-refractivity contribution in [3.63, 3.8) is 0 Å². The summed E-state index contributed by atoms with van der Waals surface area (Å²) in [5.41, 5.74) is 6.70. The summed E-state index contributed by atoms with van der Waals surface area (Å²) in [4.78, 5) is 0. The molecule has 3 nitrogen and oxygen atoms in total. The van der Waals surface area contributed by atoms with E-state index >= 15 is 0 Å². The van der Waals surface area contributed by atoms with E-state index in [9.17, 15) is 5.11 Å². The lowest BCUT2D eigenvalue weighted by molar-refractivity contribution is 0.131. The molecule has 1 aromatic rings. The molecule has 0 saturated carbocycles. The second kappa shape index (κ2) is 4.64. The van der Waals surface area contributed by atoms with Gasteiger partial charge in [0.15, 0.2) is 0 Å². The van der Waals surface area contributed by atoms with Gasteiger partial charge in [0.2, 0.25) is 0 Å². The average molecular weight is 209 g/mol. The van der Waals surface area contributed by atoms with E-state index in [0.717, 1.165) is 11.3 Å². The molecule has 0 heterocycles. The lowest BCUT2D eigenvalue weighted by Gasteiger charge is -2.30. The Labute approximate surface area is 90.9 Å². The highest BCUT2D eigenvalue weighted by Gasteiger charge is 2.28. The van der Waals surface area contributed by atoms with Crippen molar-refractivity contribution in [1.82, 2.24) is 0 Å². The van der Waals surface area contributed by atoms with Crippen LogP contribution in [0.2, 0.25) is 0 Å². The molecule has 84 valence electrons. The van der Waals surface area contributed by atoms with E-state index in [1.807, 2.05) is 38.1 Å². The Morgan fingerprint density at radius 1 is 1.40 bits per heavy atom. The maximum atomic E-state index is 9.27. The third-order valence-corrected chi connectivity index (χ3v) is 2.72. The second-order valence-electron chi connectivity index (χ2n) is 4.37. The van der Waals surface area contributed by atoms with Crippen LogP contribution in [0.3, 0.4) is 0 Å². The molecule has 1 unspecified atom stereocenters. The van der Waals surface area contributed by atoms with E-state index in [1.165, 1.54) is 0 Å². The summed E-state index contributed by atoms with van der Waals surface area (Å²) in [5, 5.41) is 9.27. The van der Waals surface area contributed by atoms with Crippen LogP contribution in [-0.2, 0) is 0 Å². The third kappa shape index (κ3) is 2.49. The summed E-state index contributed by atoms with van der Waals surface area (Å²) >= 11 is 0. The highest BCUT2D eigenvalue weighted by molar-refractivity contribution is 5.36. The zero-order valence-corrected chi connectivity index (χ0v) is 9.53. The molecule has 0 aliphatic rings. The van der Waals surface area contributed by atoms with Gasteiger partial charge < -0.3 is 15.6 Å². The number of ether oxygens (including phenoxy) is 1. The van der Waals surface area contributed by atoms with Crippen molar-refractivity contribution in [3.8, 4) is 5.75 Å². The molecule has 0 radical (unpaired) electrons. The molecule has 0 spiro atoms. The van der Waals surface area contributed by atoms with Crippen LogP contribution in [0.25, 0.3) is 0 Å². The van der Waals surface area contributed by atoms with Crippen LogP contribution < -0.4 is 10.5 Å². The monoisotopic (exact) mass is 209 g/mol. The molecule has 1 atom stereocenters. The number of nitrogens with two attached hydrogens (primary N) is 1. The molecular weight excluding hydrogens is 190 g/mol. The lowest BCUT2D eigenvalue weighted by atomic mass is 9.81. The van der Waals surface area contributed by atoms with Crippen molar-refractivity contribution < 1.29 is 9.84 Å². The fourth-order valence-electron chi connectivity index (χ4n) is 1.44. The number of aliphatic hydroxyl groups is 1. The van der Waals surface area contributed by atoms with Gasteiger partial charge in [-0.05, 0) is 6.07 Å². The van der Waals surface area contributed by atoms with Crippen molar-refractivity contribution in [3.05, 3.63) is 29.8 Å². The molecule has 15 heavy (non-hydrogen) atoms. The zero-order chi connectivity index (χ0) is 11.5. The summed E-state index contributed by atoms with van der Waals surface area (Å²) in [6, 6.07) is 7.40. The van der Waals surface area contributed by atoms with Crippen LogP contribution in [-0.4, -0.2) is 18.8 Å². The topological polar surface area (TPSA) is 55.5 Å². The molecule has 3 N–H and O–H groups in total. The third-order valence-electron chi connectivity index (χ3n) is 2.72. The van der Waals surface area contributed by atoms with E-state index in [0.29, 0.717) is 0 Å². The van der Waals surface area contributed by atoms with Gasteiger partial charge in [0.05, 0.1) is 7.11 Å². The first kappa shape index (κ1) is 12.0. The molecule has 0 aliphatic heterocycles. The first-order valence-corrected chi connectivity index (χ1v) is 5.02. The van der Waals surface area contributed by atoms with Gasteiger partial charge in [0.25, 0.3) is 0 Å². The second-order valence-corrected chi connectivity index (χ2v) is 4.37.